The molecule has 0 aliphatic heterocycles. The molecule has 0 fully saturated rings. The third kappa shape index (κ3) is 3.78. The summed E-state index contributed by atoms with van der Waals surface area (Å²) < 4.78 is 0. The number of carbonyl (C=O) groups is 1. The van der Waals surface area contributed by atoms with Crippen LogP contribution in [-0.2, 0) is 6.42 Å². The van der Waals surface area contributed by atoms with Gasteiger partial charge >= 0.3 is 0 Å². The zero-order chi connectivity index (χ0) is 13.0. The average Bonchev–Trinajstić information content (AvgIpc) is 2.76. The Hall–Kier alpha value is -0.940. The monoisotopic (exact) mass is 270 g/mol. The molecule has 0 aromatic carbocycles. The standard InChI is InChI=1S/C12H18N2OS2/c1-4-9-5-6-10(17-9)12(15)14(3)7-8(2)11(13)16/h5-6,8H,4,7H2,1-3H3,(H2,13,16). The molecule has 3 nitrogen and oxygen atoms in total. The van der Waals surface area contributed by atoms with E-state index in [4.69, 9.17) is 18.0 Å². The molecule has 0 saturated carbocycles. The highest BCUT2D eigenvalue weighted by atomic mass is 32.1. The van der Waals surface area contributed by atoms with Gasteiger partial charge in [-0.05, 0) is 18.6 Å². The van der Waals surface area contributed by atoms with E-state index < -0.39 is 0 Å². The van der Waals surface area contributed by atoms with Gasteiger partial charge in [0, 0.05) is 24.4 Å². The van der Waals surface area contributed by atoms with Gasteiger partial charge in [-0.3, -0.25) is 4.79 Å². The van der Waals surface area contributed by atoms with Crippen LogP contribution >= 0.6 is 23.6 Å². The fraction of sp³-hybridized carbons (Fsp3) is 0.500. The number of aryl methyl sites for hydroxylation is 1. The van der Waals surface area contributed by atoms with Crippen molar-refractivity contribution in [2.24, 2.45) is 11.7 Å². The van der Waals surface area contributed by atoms with Gasteiger partial charge in [-0.15, -0.1) is 11.3 Å². The second-order valence-electron chi connectivity index (χ2n) is 4.11. The van der Waals surface area contributed by atoms with E-state index in [1.54, 1.807) is 23.3 Å². The quantitative estimate of drug-likeness (QED) is 0.835. The highest BCUT2D eigenvalue weighted by Crippen LogP contribution is 2.18. The van der Waals surface area contributed by atoms with Gasteiger partial charge in [-0.1, -0.05) is 26.1 Å². The fourth-order valence-corrected chi connectivity index (χ4v) is 2.47. The van der Waals surface area contributed by atoms with E-state index in [-0.39, 0.29) is 11.8 Å². The van der Waals surface area contributed by atoms with Crippen molar-refractivity contribution in [2.75, 3.05) is 13.6 Å². The van der Waals surface area contributed by atoms with Crippen LogP contribution in [0.25, 0.3) is 0 Å². The third-order valence-electron chi connectivity index (χ3n) is 2.60. The van der Waals surface area contributed by atoms with E-state index >= 15 is 0 Å². The first-order valence-corrected chi connectivity index (χ1v) is 6.81. The third-order valence-corrected chi connectivity index (χ3v) is 4.22. The molecule has 2 N–H and O–H groups in total. The molecule has 1 aromatic rings. The van der Waals surface area contributed by atoms with Gasteiger partial charge in [0.15, 0.2) is 0 Å². The van der Waals surface area contributed by atoms with Gasteiger partial charge in [0.25, 0.3) is 5.91 Å². The zero-order valence-corrected chi connectivity index (χ0v) is 12.0. The van der Waals surface area contributed by atoms with Crippen molar-refractivity contribution in [2.45, 2.75) is 20.3 Å². The number of hydrogen-bond acceptors (Lipinski definition) is 3. The van der Waals surface area contributed by atoms with Gasteiger partial charge in [-0.2, -0.15) is 0 Å². The normalized spacial score (nSPS) is 12.2. The molecular weight excluding hydrogens is 252 g/mol. The predicted octanol–water partition coefficient (Wildman–Crippen LogP) is 2.30. The Bertz CT molecular complexity index is 414. The molecule has 1 unspecified atom stereocenters. The summed E-state index contributed by atoms with van der Waals surface area (Å²) in [5.74, 6) is 0.0855. The first kappa shape index (κ1) is 14.1. The lowest BCUT2D eigenvalue weighted by molar-refractivity contribution is 0.0791. The summed E-state index contributed by atoms with van der Waals surface area (Å²) in [4.78, 5) is 16.2. The van der Waals surface area contributed by atoms with Crippen LogP contribution in [0, 0.1) is 5.92 Å². The lowest BCUT2D eigenvalue weighted by Gasteiger charge is -2.20. The largest absolute Gasteiger partial charge is 0.393 e. The van der Waals surface area contributed by atoms with E-state index in [0.717, 1.165) is 11.3 Å². The number of amides is 1. The summed E-state index contributed by atoms with van der Waals surface area (Å²) in [6.45, 7) is 4.57. The van der Waals surface area contributed by atoms with Crippen molar-refractivity contribution >= 4 is 34.5 Å². The highest BCUT2D eigenvalue weighted by Gasteiger charge is 2.17. The van der Waals surface area contributed by atoms with Gasteiger partial charge in [0.1, 0.15) is 0 Å². The van der Waals surface area contributed by atoms with Crippen molar-refractivity contribution in [3.63, 3.8) is 0 Å². The number of nitrogens with zero attached hydrogens (tertiary/aromatic N) is 1. The molecule has 1 heterocycles. The number of thiocarbonyl (C=S) groups is 1. The molecule has 0 radical (unpaired) electrons. The predicted molar refractivity (Wildman–Crippen MR) is 76.6 cm³/mol. The van der Waals surface area contributed by atoms with Crippen LogP contribution in [0.3, 0.4) is 0 Å². The summed E-state index contributed by atoms with van der Waals surface area (Å²) >= 11 is 6.45. The molecule has 0 spiro atoms. The number of carbonyl (C=O) groups excluding carboxylic acids is 1. The topological polar surface area (TPSA) is 46.3 Å². The first-order valence-electron chi connectivity index (χ1n) is 5.59. The van der Waals surface area contributed by atoms with Crippen molar-refractivity contribution in [3.05, 3.63) is 21.9 Å². The van der Waals surface area contributed by atoms with Gasteiger partial charge in [0.05, 0.1) is 9.87 Å². The molecule has 94 valence electrons. The minimum Gasteiger partial charge on any atom is -0.393 e. The van der Waals surface area contributed by atoms with Crippen molar-refractivity contribution in [1.82, 2.24) is 4.90 Å². The minimum absolute atomic E-state index is 0.0396. The average molecular weight is 270 g/mol. The molecule has 0 aliphatic carbocycles. The molecule has 1 amide bonds. The Kier molecular flexibility index (Phi) is 5.08. The van der Waals surface area contributed by atoms with E-state index in [9.17, 15) is 4.79 Å². The van der Waals surface area contributed by atoms with Crippen molar-refractivity contribution in [3.8, 4) is 0 Å². The second kappa shape index (κ2) is 6.12. The van der Waals surface area contributed by atoms with Gasteiger partial charge < -0.3 is 10.6 Å². The maximum atomic E-state index is 12.1. The highest BCUT2D eigenvalue weighted by molar-refractivity contribution is 7.80. The fourth-order valence-electron chi connectivity index (χ4n) is 1.45. The smallest absolute Gasteiger partial charge is 0.263 e. The van der Waals surface area contributed by atoms with Gasteiger partial charge in [0.2, 0.25) is 0 Å². The zero-order valence-electron chi connectivity index (χ0n) is 10.4. The molecule has 5 heteroatoms. The Labute approximate surface area is 112 Å². The number of rotatable bonds is 5. The molecule has 17 heavy (non-hydrogen) atoms. The minimum atomic E-state index is 0.0396. The van der Waals surface area contributed by atoms with Crippen LogP contribution in [0.5, 0.6) is 0 Å². The van der Waals surface area contributed by atoms with Crippen LogP contribution < -0.4 is 5.73 Å². The maximum absolute atomic E-state index is 12.1. The first-order chi connectivity index (χ1) is 7.95. The van der Waals surface area contributed by atoms with E-state index in [2.05, 4.69) is 6.92 Å². The number of thiophene rings is 1. The molecule has 0 bridgehead atoms. The summed E-state index contributed by atoms with van der Waals surface area (Å²) in [5.41, 5.74) is 5.54. The van der Waals surface area contributed by atoms with Crippen LogP contribution in [-0.4, -0.2) is 29.4 Å². The summed E-state index contributed by atoms with van der Waals surface area (Å²) in [6, 6.07) is 3.89. The van der Waals surface area contributed by atoms with E-state index in [1.165, 1.54) is 4.88 Å². The Morgan fingerprint density at radius 1 is 1.59 bits per heavy atom. The van der Waals surface area contributed by atoms with Gasteiger partial charge in [-0.25, -0.2) is 0 Å². The summed E-state index contributed by atoms with van der Waals surface area (Å²) in [5, 5.41) is 0. The molecule has 1 atom stereocenters. The Balaban J connectivity index is 2.66. The molecule has 1 rings (SSSR count). The molecular formula is C12H18N2OS2. The SMILES string of the molecule is CCc1ccc(C(=O)N(C)CC(C)C(N)=S)s1. The van der Waals surface area contributed by atoms with Crippen molar-refractivity contribution < 1.29 is 4.79 Å². The maximum Gasteiger partial charge on any atom is 0.263 e. The lowest BCUT2D eigenvalue weighted by atomic mass is 10.1. The van der Waals surface area contributed by atoms with Crippen LogP contribution in [0.1, 0.15) is 28.4 Å². The number of nitrogens with two attached hydrogens (primary N) is 1. The van der Waals surface area contributed by atoms with Crippen LogP contribution in [0.4, 0.5) is 0 Å². The van der Waals surface area contributed by atoms with Crippen LogP contribution in [0.2, 0.25) is 0 Å². The molecule has 1 aromatic heterocycles. The van der Waals surface area contributed by atoms with Crippen molar-refractivity contribution in [1.29, 1.82) is 0 Å². The Morgan fingerprint density at radius 3 is 2.71 bits per heavy atom. The molecule has 0 aliphatic rings. The van der Waals surface area contributed by atoms with E-state index in [1.807, 2.05) is 19.1 Å². The Morgan fingerprint density at radius 2 is 2.24 bits per heavy atom. The van der Waals surface area contributed by atoms with E-state index in [0.29, 0.717) is 11.5 Å². The lowest BCUT2D eigenvalue weighted by Crippen LogP contribution is -2.35. The summed E-state index contributed by atoms with van der Waals surface area (Å²) in [6.07, 6.45) is 0.963. The van der Waals surface area contributed by atoms with Crippen LogP contribution in [0.15, 0.2) is 12.1 Å². The summed E-state index contributed by atoms with van der Waals surface area (Å²) in [7, 11) is 1.78. The number of hydrogen-bond donors (Lipinski definition) is 1. The second-order valence-corrected chi connectivity index (χ2v) is 5.75. The molecule has 0 saturated heterocycles.